The van der Waals surface area contributed by atoms with Crippen LogP contribution in [0.25, 0.3) is 0 Å². The van der Waals surface area contributed by atoms with Gasteiger partial charge in [0.15, 0.2) is 0 Å². The molecule has 0 spiro atoms. The number of carbonyl (C=O) groups is 1. The molecule has 21 heavy (non-hydrogen) atoms. The Balaban J connectivity index is 1.62. The zero-order valence-electron chi connectivity index (χ0n) is 11.7. The van der Waals surface area contributed by atoms with Gasteiger partial charge in [-0.15, -0.1) is 0 Å². The van der Waals surface area contributed by atoms with E-state index in [0.717, 1.165) is 25.7 Å². The lowest BCUT2D eigenvalue weighted by atomic mass is 9.95. The molecule has 0 radical (unpaired) electrons. The van der Waals surface area contributed by atoms with E-state index in [9.17, 15) is 9.18 Å². The maximum Gasteiger partial charge on any atom is 0.255 e. The second kappa shape index (κ2) is 4.84. The Morgan fingerprint density at radius 3 is 2.38 bits per heavy atom. The minimum absolute atomic E-state index is 0.0349. The van der Waals surface area contributed by atoms with Gasteiger partial charge >= 0.3 is 0 Å². The smallest absolute Gasteiger partial charge is 0.255 e. The number of halogens is 2. The second-order valence-corrected chi connectivity index (χ2v) is 6.74. The molecule has 2 atom stereocenters. The Bertz CT molecular complexity index is 632. The highest BCUT2D eigenvalue weighted by atomic mass is 35.5. The van der Waals surface area contributed by atoms with Crippen LogP contribution < -0.4 is 0 Å². The summed E-state index contributed by atoms with van der Waals surface area (Å²) in [4.78, 5) is 14.8. The van der Waals surface area contributed by atoms with Gasteiger partial charge in [-0.1, -0.05) is 22.7 Å². The molecule has 2 saturated heterocycles. The minimum Gasteiger partial charge on any atom is -0.332 e. The summed E-state index contributed by atoms with van der Waals surface area (Å²) in [6.07, 6.45) is 6.71. The van der Waals surface area contributed by atoms with E-state index in [1.54, 1.807) is 11.1 Å². The molecule has 110 valence electrons. The summed E-state index contributed by atoms with van der Waals surface area (Å²) in [7, 11) is 0. The first-order valence-corrected chi connectivity index (χ1v) is 7.99. The summed E-state index contributed by atoms with van der Waals surface area (Å²) < 4.78 is 13.2. The molecular weight excluding hydrogens is 289 g/mol. The largest absolute Gasteiger partial charge is 0.332 e. The molecule has 3 aliphatic rings. The number of allylic oxidation sites excluding steroid dienone is 1. The number of amides is 1. The summed E-state index contributed by atoms with van der Waals surface area (Å²) in [5.74, 6) is -0.439. The number of benzene rings is 1. The standard InChI is InChI=1S/C17H17ClFNO/c18-16-9-12(19)3-6-15(16)17(21)20-13-4-5-14(20)8-11(7-13)10-1-2-10/h3,6,9,13-14H,1-2,4-5,7-8H2. The lowest BCUT2D eigenvalue weighted by Gasteiger charge is -2.36. The summed E-state index contributed by atoms with van der Waals surface area (Å²) >= 11 is 6.05. The highest BCUT2D eigenvalue weighted by molar-refractivity contribution is 6.33. The number of nitrogens with zero attached hydrogens (tertiary/aromatic N) is 1. The van der Waals surface area contributed by atoms with Crippen molar-refractivity contribution in [2.75, 3.05) is 0 Å². The third kappa shape index (κ3) is 2.28. The van der Waals surface area contributed by atoms with Gasteiger partial charge in [-0.3, -0.25) is 4.79 Å². The van der Waals surface area contributed by atoms with E-state index < -0.39 is 5.82 Å². The molecule has 4 heteroatoms. The van der Waals surface area contributed by atoms with E-state index in [4.69, 9.17) is 11.6 Å². The third-order valence-corrected chi connectivity index (χ3v) is 5.29. The van der Waals surface area contributed by atoms with Gasteiger partial charge in [0.25, 0.3) is 5.91 Å². The fourth-order valence-corrected chi connectivity index (χ4v) is 4.10. The van der Waals surface area contributed by atoms with E-state index in [1.165, 1.54) is 31.0 Å². The lowest BCUT2D eigenvalue weighted by molar-refractivity contribution is 0.0634. The zero-order chi connectivity index (χ0) is 14.6. The molecule has 1 aromatic carbocycles. The van der Waals surface area contributed by atoms with Crippen molar-refractivity contribution >= 4 is 17.5 Å². The fraction of sp³-hybridized carbons (Fsp3) is 0.471. The van der Waals surface area contributed by atoms with Crippen molar-refractivity contribution in [1.29, 1.82) is 0 Å². The molecule has 2 heterocycles. The van der Waals surface area contributed by atoms with E-state index in [2.05, 4.69) is 0 Å². The average Bonchev–Trinajstić information content (AvgIpc) is 3.24. The maximum absolute atomic E-state index is 13.2. The topological polar surface area (TPSA) is 20.3 Å². The van der Waals surface area contributed by atoms with Gasteiger partial charge in [0, 0.05) is 12.1 Å². The average molecular weight is 306 g/mol. The van der Waals surface area contributed by atoms with Crippen LogP contribution in [-0.4, -0.2) is 22.9 Å². The first-order valence-electron chi connectivity index (χ1n) is 7.61. The summed E-state index contributed by atoms with van der Waals surface area (Å²) in [6, 6.07) is 4.65. The minimum atomic E-state index is -0.404. The first-order chi connectivity index (χ1) is 10.1. The molecule has 1 amide bonds. The van der Waals surface area contributed by atoms with E-state index in [1.807, 2.05) is 4.90 Å². The number of carbonyl (C=O) groups excluding carboxylic acids is 1. The van der Waals surface area contributed by atoms with Gasteiger partial charge in [-0.05, 0) is 56.7 Å². The van der Waals surface area contributed by atoms with Gasteiger partial charge in [-0.25, -0.2) is 4.39 Å². The van der Waals surface area contributed by atoms with Crippen LogP contribution in [-0.2, 0) is 0 Å². The predicted molar refractivity (Wildman–Crippen MR) is 79.9 cm³/mol. The predicted octanol–water partition coefficient (Wildman–Crippen LogP) is 4.34. The van der Waals surface area contributed by atoms with Crippen LogP contribution in [0.15, 0.2) is 29.3 Å². The van der Waals surface area contributed by atoms with Crippen molar-refractivity contribution in [3.63, 3.8) is 0 Å². The normalized spacial score (nSPS) is 27.2. The van der Waals surface area contributed by atoms with Gasteiger partial charge in [-0.2, -0.15) is 0 Å². The van der Waals surface area contributed by atoms with Crippen molar-refractivity contribution in [1.82, 2.24) is 4.90 Å². The third-order valence-electron chi connectivity index (χ3n) is 4.98. The van der Waals surface area contributed by atoms with Gasteiger partial charge in [0.05, 0.1) is 10.6 Å². The van der Waals surface area contributed by atoms with Crippen LogP contribution in [0, 0.1) is 5.82 Å². The number of fused-ring (bicyclic) bond motifs is 2. The molecule has 2 unspecified atom stereocenters. The van der Waals surface area contributed by atoms with Crippen molar-refractivity contribution in [3.8, 4) is 0 Å². The van der Waals surface area contributed by atoms with Crippen LogP contribution in [0.3, 0.4) is 0 Å². The Kier molecular flexibility index (Phi) is 3.07. The van der Waals surface area contributed by atoms with Crippen LogP contribution in [0.1, 0.15) is 48.9 Å². The molecule has 1 saturated carbocycles. The summed E-state index contributed by atoms with van der Waals surface area (Å²) in [5, 5.41) is 0.214. The van der Waals surface area contributed by atoms with Gasteiger partial charge in [0.2, 0.25) is 0 Å². The fourth-order valence-electron chi connectivity index (χ4n) is 3.85. The lowest BCUT2D eigenvalue weighted by Crippen LogP contribution is -2.44. The van der Waals surface area contributed by atoms with Crippen molar-refractivity contribution in [3.05, 3.63) is 45.7 Å². The number of rotatable bonds is 1. The molecule has 0 aromatic heterocycles. The molecule has 3 fully saturated rings. The molecule has 0 N–H and O–H groups in total. The molecule has 1 aromatic rings. The highest BCUT2D eigenvalue weighted by Gasteiger charge is 2.43. The van der Waals surface area contributed by atoms with Crippen molar-refractivity contribution in [2.24, 2.45) is 0 Å². The second-order valence-electron chi connectivity index (χ2n) is 6.34. The van der Waals surface area contributed by atoms with Crippen molar-refractivity contribution < 1.29 is 9.18 Å². The molecular formula is C17H17ClFNO. The molecule has 1 aliphatic carbocycles. The van der Waals surface area contributed by atoms with Gasteiger partial charge < -0.3 is 4.90 Å². The Morgan fingerprint density at radius 1 is 1.14 bits per heavy atom. The van der Waals surface area contributed by atoms with Gasteiger partial charge in [0.1, 0.15) is 5.82 Å². The Morgan fingerprint density at radius 2 is 1.81 bits per heavy atom. The Hall–Kier alpha value is -1.35. The van der Waals surface area contributed by atoms with Crippen LogP contribution in [0.4, 0.5) is 4.39 Å². The van der Waals surface area contributed by atoms with E-state index in [0.29, 0.717) is 17.6 Å². The zero-order valence-corrected chi connectivity index (χ0v) is 12.5. The van der Waals surface area contributed by atoms with Crippen LogP contribution >= 0.6 is 11.6 Å². The summed E-state index contributed by atoms with van der Waals surface area (Å²) in [6.45, 7) is 0. The van der Waals surface area contributed by atoms with Crippen molar-refractivity contribution in [2.45, 2.75) is 50.6 Å². The van der Waals surface area contributed by atoms with Crippen LogP contribution in [0.5, 0.6) is 0 Å². The van der Waals surface area contributed by atoms with E-state index >= 15 is 0 Å². The van der Waals surface area contributed by atoms with Crippen LogP contribution in [0.2, 0.25) is 5.02 Å². The SMILES string of the molecule is O=C(c1ccc(F)cc1Cl)N1C2CCC1CC(=C1CC1)C2. The number of piperidine rings is 1. The maximum atomic E-state index is 13.2. The quantitative estimate of drug-likeness (QED) is 0.707. The molecule has 2 bridgehead atoms. The highest BCUT2D eigenvalue weighted by Crippen LogP contribution is 2.45. The number of hydrogen-bond donors (Lipinski definition) is 0. The molecule has 4 rings (SSSR count). The first kappa shape index (κ1) is 13.3. The van der Waals surface area contributed by atoms with E-state index in [-0.39, 0.29) is 10.9 Å². The number of hydrogen-bond acceptors (Lipinski definition) is 1. The molecule has 2 nitrogen and oxygen atoms in total. The Labute approximate surface area is 128 Å². The molecule has 2 aliphatic heterocycles. The monoisotopic (exact) mass is 305 g/mol. The summed E-state index contributed by atoms with van der Waals surface area (Å²) in [5.41, 5.74) is 3.65.